The molecule has 0 saturated heterocycles. The molecule has 4 amide bonds. The van der Waals surface area contributed by atoms with Gasteiger partial charge in [0, 0.05) is 26.1 Å². The molecule has 2 unspecified atom stereocenters. The van der Waals surface area contributed by atoms with Crippen LogP contribution in [-0.2, 0) is 38.2 Å². The first-order valence-corrected chi connectivity index (χ1v) is 13.6. The molecular formula is C23H43N5O9S. The van der Waals surface area contributed by atoms with Crippen LogP contribution in [0.1, 0.15) is 33.1 Å². The second-order valence-corrected chi connectivity index (χ2v) is 9.20. The molecule has 38 heavy (non-hydrogen) atoms. The lowest BCUT2D eigenvalue weighted by Gasteiger charge is -2.19. The molecule has 0 aromatic heterocycles. The number of aliphatic carboxylic acids is 1. The van der Waals surface area contributed by atoms with Gasteiger partial charge in [-0.25, -0.2) is 0 Å². The summed E-state index contributed by atoms with van der Waals surface area (Å²) < 4.78 is 16.1. The topological polar surface area (TPSA) is 193 Å². The molecule has 0 aliphatic carbocycles. The third kappa shape index (κ3) is 21.6. The summed E-state index contributed by atoms with van der Waals surface area (Å²) in [4.78, 5) is 59.3. The quantitative estimate of drug-likeness (QED) is 0.0586. The van der Waals surface area contributed by atoms with Crippen LogP contribution in [0.15, 0.2) is 0 Å². The highest BCUT2D eigenvalue weighted by molar-refractivity contribution is 8.00. The van der Waals surface area contributed by atoms with Crippen molar-refractivity contribution in [3.8, 4) is 0 Å². The van der Waals surface area contributed by atoms with Gasteiger partial charge in [0.05, 0.1) is 38.7 Å². The number of hydrogen-bond acceptors (Lipinski definition) is 10. The van der Waals surface area contributed by atoms with Crippen molar-refractivity contribution in [2.75, 3.05) is 72.0 Å². The number of likely N-dealkylation sites (N-methyl/N-ethyl adjacent to an activating group) is 1. The molecule has 0 aliphatic heterocycles. The fourth-order valence-electron chi connectivity index (χ4n) is 2.82. The van der Waals surface area contributed by atoms with Crippen LogP contribution >= 0.6 is 11.8 Å². The number of rotatable bonds is 24. The first-order valence-electron chi connectivity index (χ1n) is 12.5. The number of thioether (sulfide) groups is 1. The van der Waals surface area contributed by atoms with Crippen LogP contribution in [0.5, 0.6) is 0 Å². The average Bonchev–Trinajstić information content (AvgIpc) is 2.88. The van der Waals surface area contributed by atoms with E-state index in [0.717, 1.165) is 6.54 Å². The molecule has 0 aliphatic rings. The summed E-state index contributed by atoms with van der Waals surface area (Å²) >= 11 is 1.27. The Morgan fingerprint density at radius 3 is 2.18 bits per heavy atom. The first kappa shape index (κ1) is 35.5. The summed E-state index contributed by atoms with van der Waals surface area (Å²) in [6, 6.07) is -0.975. The summed E-state index contributed by atoms with van der Waals surface area (Å²) in [5.41, 5.74) is -0.200. The van der Waals surface area contributed by atoms with Gasteiger partial charge in [0.15, 0.2) is 0 Å². The van der Waals surface area contributed by atoms with Gasteiger partial charge in [-0.15, -0.1) is 11.8 Å². The van der Waals surface area contributed by atoms with E-state index < -0.39 is 42.8 Å². The fourth-order valence-corrected chi connectivity index (χ4v) is 3.52. The molecule has 0 aromatic rings. The van der Waals surface area contributed by atoms with Crippen LogP contribution in [0.3, 0.4) is 0 Å². The van der Waals surface area contributed by atoms with Crippen LogP contribution < -0.4 is 26.6 Å². The van der Waals surface area contributed by atoms with Crippen molar-refractivity contribution in [2.24, 2.45) is 0 Å². The summed E-state index contributed by atoms with van der Waals surface area (Å²) in [6.07, 6.45) is 0.591. The summed E-state index contributed by atoms with van der Waals surface area (Å²) in [5.74, 6) is -3.07. The van der Waals surface area contributed by atoms with Gasteiger partial charge >= 0.3 is 5.97 Å². The number of nitrogens with one attached hydrogen (secondary N) is 5. The van der Waals surface area contributed by atoms with Crippen LogP contribution in [0.4, 0.5) is 0 Å². The van der Waals surface area contributed by atoms with Gasteiger partial charge in [-0.2, -0.15) is 0 Å². The minimum atomic E-state index is -1.22. The predicted molar refractivity (Wildman–Crippen MR) is 142 cm³/mol. The van der Waals surface area contributed by atoms with Gasteiger partial charge in [0.25, 0.3) is 0 Å². The lowest BCUT2D eigenvalue weighted by molar-refractivity contribution is -0.138. The van der Waals surface area contributed by atoms with Gasteiger partial charge in [-0.05, 0) is 33.7 Å². The van der Waals surface area contributed by atoms with Gasteiger partial charge in [0.1, 0.15) is 18.0 Å². The van der Waals surface area contributed by atoms with Crippen molar-refractivity contribution in [1.82, 2.24) is 26.6 Å². The van der Waals surface area contributed by atoms with Crippen molar-refractivity contribution in [3.05, 3.63) is 0 Å². The molecule has 220 valence electrons. The van der Waals surface area contributed by atoms with E-state index in [2.05, 4.69) is 26.6 Å². The number of carboxylic acid groups (broad SMARTS) is 1. The molecule has 0 saturated carbocycles. The lowest BCUT2D eigenvalue weighted by atomic mass is 10.1. The minimum absolute atomic E-state index is 0.0606. The van der Waals surface area contributed by atoms with Gasteiger partial charge in [-0.1, -0.05) is 0 Å². The number of hydrogen-bond donors (Lipinski definition) is 6. The Balaban J connectivity index is 4.50. The van der Waals surface area contributed by atoms with E-state index in [-0.39, 0.29) is 29.9 Å². The number of carbonyl (C=O) groups excluding carboxylic acids is 4. The van der Waals surface area contributed by atoms with E-state index in [9.17, 15) is 24.0 Å². The molecular weight excluding hydrogens is 522 g/mol. The van der Waals surface area contributed by atoms with E-state index >= 15 is 0 Å². The van der Waals surface area contributed by atoms with Crippen LogP contribution in [0.2, 0.25) is 0 Å². The number of amides is 4. The van der Waals surface area contributed by atoms with Crippen LogP contribution in [0.25, 0.3) is 0 Å². The number of carboxylic acids is 1. The molecule has 0 fully saturated rings. The molecule has 0 radical (unpaired) electrons. The van der Waals surface area contributed by atoms with Gasteiger partial charge in [-0.3, -0.25) is 24.0 Å². The van der Waals surface area contributed by atoms with E-state index in [1.165, 1.54) is 11.8 Å². The van der Waals surface area contributed by atoms with Crippen molar-refractivity contribution >= 4 is 41.4 Å². The predicted octanol–water partition coefficient (Wildman–Crippen LogP) is -1.56. The zero-order chi connectivity index (χ0) is 28.6. The minimum Gasteiger partial charge on any atom is -0.480 e. The molecule has 0 spiro atoms. The molecule has 14 nitrogen and oxygen atoms in total. The highest BCUT2D eigenvalue weighted by atomic mass is 32.2. The maximum Gasteiger partial charge on any atom is 0.322 e. The second-order valence-electron chi connectivity index (χ2n) is 7.91. The van der Waals surface area contributed by atoms with Gasteiger partial charge < -0.3 is 45.9 Å². The van der Waals surface area contributed by atoms with E-state index in [1.807, 2.05) is 20.9 Å². The van der Waals surface area contributed by atoms with Crippen molar-refractivity contribution in [1.29, 1.82) is 0 Å². The highest BCUT2D eigenvalue weighted by Crippen LogP contribution is 2.11. The largest absolute Gasteiger partial charge is 0.480 e. The second kappa shape index (κ2) is 23.6. The fraction of sp³-hybridized carbons (Fsp3) is 0.783. The van der Waals surface area contributed by atoms with Crippen molar-refractivity contribution in [3.63, 3.8) is 0 Å². The van der Waals surface area contributed by atoms with Gasteiger partial charge in [0.2, 0.25) is 23.6 Å². The van der Waals surface area contributed by atoms with E-state index in [4.69, 9.17) is 19.3 Å². The Morgan fingerprint density at radius 2 is 1.55 bits per heavy atom. The smallest absolute Gasteiger partial charge is 0.322 e. The van der Waals surface area contributed by atoms with Crippen molar-refractivity contribution in [2.45, 2.75) is 44.6 Å². The lowest BCUT2D eigenvalue weighted by Crippen LogP contribution is -2.49. The highest BCUT2D eigenvalue weighted by Gasteiger charge is 2.22. The van der Waals surface area contributed by atoms with Crippen LogP contribution in [-0.4, -0.2) is 118 Å². The standard InChI is InChI=1S/C23H43N5O9S/c1-4-37-17(2)38-16-21(31)28-18(23(34)27-14-20(30)26-15-22(32)33)6-5-7-19(29)25-9-11-36-13-12-35-10-8-24-3/h17-18,24H,4-16H2,1-3H3,(H,25,29)(H,26,30)(H,27,34)(H,28,31)(H,32,33). The first-order chi connectivity index (χ1) is 18.2. The van der Waals surface area contributed by atoms with Crippen molar-refractivity contribution < 1.29 is 43.3 Å². The molecule has 0 bridgehead atoms. The molecule has 0 heterocycles. The third-order valence-corrected chi connectivity index (χ3v) is 5.73. The summed E-state index contributed by atoms with van der Waals surface area (Å²) in [5, 5.41) is 21.4. The Bertz CT molecular complexity index is 715. The zero-order valence-corrected chi connectivity index (χ0v) is 23.3. The summed E-state index contributed by atoms with van der Waals surface area (Å²) in [7, 11) is 1.84. The van der Waals surface area contributed by atoms with E-state index in [0.29, 0.717) is 46.0 Å². The Kier molecular flexibility index (Phi) is 22.1. The molecule has 0 rings (SSSR count). The van der Waals surface area contributed by atoms with E-state index in [1.54, 1.807) is 0 Å². The average molecular weight is 566 g/mol. The third-order valence-electron chi connectivity index (χ3n) is 4.70. The molecule has 2 atom stereocenters. The summed E-state index contributed by atoms with van der Waals surface area (Å²) in [6.45, 7) is 6.05. The number of carbonyl (C=O) groups is 5. The van der Waals surface area contributed by atoms with Crippen LogP contribution in [0, 0.1) is 0 Å². The SMILES string of the molecule is CCOC(C)SCC(=O)NC(CCCC(=O)NCCOCCOCCNC)C(=O)NCC(=O)NCC(=O)O. The zero-order valence-electron chi connectivity index (χ0n) is 22.5. The Morgan fingerprint density at radius 1 is 0.868 bits per heavy atom. The Labute approximate surface area is 228 Å². The maximum atomic E-state index is 12.6. The Hall–Kier alpha value is -2.46. The normalized spacial score (nSPS) is 12.3. The molecule has 15 heteroatoms. The molecule has 6 N–H and O–H groups in total. The maximum absolute atomic E-state index is 12.6. The monoisotopic (exact) mass is 565 g/mol. The number of ether oxygens (including phenoxy) is 3. The molecule has 0 aromatic carbocycles.